The van der Waals surface area contributed by atoms with Crippen molar-refractivity contribution in [2.45, 2.75) is 6.42 Å². The van der Waals surface area contributed by atoms with E-state index >= 15 is 0 Å². The number of hydrogen-bond donors (Lipinski definition) is 0. The molecule has 0 aliphatic carbocycles. The molecule has 66 valence electrons. The Bertz CT molecular complexity index is 119. The van der Waals surface area contributed by atoms with Crippen LogP contribution in [-0.2, 0) is 9.53 Å². The highest BCUT2D eigenvalue weighted by Crippen LogP contribution is 1.90. The van der Waals surface area contributed by atoms with Crippen LogP contribution >= 0.6 is 11.6 Å². The van der Waals surface area contributed by atoms with E-state index in [-0.39, 0.29) is 5.97 Å². The highest BCUT2D eigenvalue weighted by molar-refractivity contribution is 6.18. The number of hydrogen-bond acceptors (Lipinski definition) is 3. The van der Waals surface area contributed by atoms with Crippen LogP contribution < -0.4 is 0 Å². The molecule has 0 rings (SSSR count). The Morgan fingerprint density at radius 3 is 2.64 bits per heavy atom. The molecule has 0 spiro atoms. The summed E-state index contributed by atoms with van der Waals surface area (Å²) >= 11 is 5.49. The fourth-order valence-electron chi connectivity index (χ4n) is 0.640. The van der Waals surface area contributed by atoms with Gasteiger partial charge in [-0.1, -0.05) is 0 Å². The number of halogens is 1. The van der Waals surface area contributed by atoms with Gasteiger partial charge in [0, 0.05) is 19.0 Å². The third-order valence-corrected chi connectivity index (χ3v) is 1.56. The zero-order valence-corrected chi connectivity index (χ0v) is 7.73. The van der Waals surface area contributed by atoms with Crippen molar-refractivity contribution in [3.63, 3.8) is 0 Å². The van der Waals surface area contributed by atoms with E-state index in [1.807, 2.05) is 11.9 Å². The standard InChI is InChI=1S/C7H14ClNO2/c1-9(6-4-8)5-3-7(10)11-2/h3-6H2,1-2H3. The van der Waals surface area contributed by atoms with E-state index in [0.29, 0.717) is 18.8 Å². The number of carbonyl (C=O) groups is 1. The van der Waals surface area contributed by atoms with Gasteiger partial charge in [-0.05, 0) is 7.05 Å². The van der Waals surface area contributed by atoms with Crippen LogP contribution in [0.15, 0.2) is 0 Å². The molecule has 4 heteroatoms. The Kier molecular flexibility index (Phi) is 6.27. The molecule has 0 aliphatic heterocycles. The lowest BCUT2D eigenvalue weighted by Crippen LogP contribution is -2.24. The minimum atomic E-state index is -0.175. The van der Waals surface area contributed by atoms with Gasteiger partial charge in [0.15, 0.2) is 0 Å². The summed E-state index contributed by atoms with van der Waals surface area (Å²) in [6.45, 7) is 1.51. The lowest BCUT2D eigenvalue weighted by molar-refractivity contribution is -0.140. The van der Waals surface area contributed by atoms with Crippen LogP contribution in [0.2, 0.25) is 0 Å². The molecule has 3 nitrogen and oxygen atoms in total. The highest BCUT2D eigenvalue weighted by atomic mass is 35.5. The molecule has 0 amide bonds. The Labute approximate surface area is 72.3 Å². The molecule has 0 heterocycles. The minimum absolute atomic E-state index is 0.175. The van der Waals surface area contributed by atoms with Gasteiger partial charge in [0.1, 0.15) is 0 Å². The molecule has 0 radical (unpaired) electrons. The number of nitrogens with zero attached hydrogens (tertiary/aromatic N) is 1. The summed E-state index contributed by atoms with van der Waals surface area (Å²) in [6.07, 6.45) is 0.434. The third kappa shape index (κ3) is 6.13. The molecule has 0 bridgehead atoms. The van der Waals surface area contributed by atoms with Crippen molar-refractivity contribution >= 4 is 17.6 Å². The lowest BCUT2D eigenvalue weighted by atomic mass is 10.4. The van der Waals surface area contributed by atoms with Crippen molar-refractivity contribution in [2.75, 3.05) is 33.1 Å². The van der Waals surface area contributed by atoms with Gasteiger partial charge in [0.25, 0.3) is 0 Å². The Balaban J connectivity index is 3.29. The number of ether oxygens (including phenoxy) is 1. The highest BCUT2D eigenvalue weighted by Gasteiger charge is 2.02. The summed E-state index contributed by atoms with van der Waals surface area (Å²) in [7, 11) is 3.31. The summed E-state index contributed by atoms with van der Waals surface area (Å²) in [6, 6.07) is 0. The van der Waals surface area contributed by atoms with Gasteiger partial charge in [-0.25, -0.2) is 0 Å². The van der Waals surface area contributed by atoms with Crippen molar-refractivity contribution in [3.8, 4) is 0 Å². The smallest absolute Gasteiger partial charge is 0.306 e. The fraction of sp³-hybridized carbons (Fsp3) is 0.857. The topological polar surface area (TPSA) is 29.5 Å². The molecular formula is C7H14ClNO2. The predicted octanol–water partition coefficient (Wildman–Crippen LogP) is 0.720. The molecule has 0 saturated heterocycles. The van der Waals surface area contributed by atoms with Crippen molar-refractivity contribution in [1.29, 1.82) is 0 Å². The number of methoxy groups -OCH3 is 1. The van der Waals surface area contributed by atoms with E-state index in [2.05, 4.69) is 4.74 Å². The van der Waals surface area contributed by atoms with Crippen LogP contribution in [0, 0.1) is 0 Å². The minimum Gasteiger partial charge on any atom is -0.469 e. The zero-order valence-electron chi connectivity index (χ0n) is 6.97. The summed E-state index contributed by atoms with van der Waals surface area (Å²) in [5.74, 6) is 0.420. The quantitative estimate of drug-likeness (QED) is 0.460. The molecule has 0 fully saturated rings. The van der Waals surface area contributed by atoms with Crippen molar-refractivity contribution < 1.29 is 9.53 Å². The zero-order chi connectivity index (χ0) is 8.69. The summed E-state index contributed by atoms with van der Waals surface area (Å²) in [4.78, 5) is 12.6. The Hall–Kier alpha value is -0.280. The average molecular weight is 180 g/mol. The SMILES string of the molecule is COC(=O)CCN(C)CCCl. The monoisotopic (exact) mass is 179 g/mol. The Morgan fingerprint density at radius 2 is 2.18 bits per heavy atom. The van der Waals surface area contributed by atoms with E-state index < -0.39 is 0 Å². The van der Waals surface area contributed by atoms with Gasteiger partial charge < -0.3 is 9.64 Å². The van der Waals surface area contributed by atoms with Crippen LogP contribution in [0.3, 0.4) is 0 Å². The van der Waals surface area contributed by atoms with Gasteiger partial charge in [0.05, 0.1) is 13.5 Å². The van der Waals surface area contributed by atoms with Crippen molar-refractivity contribution in [1.82, 2.24) is 4.90 Å². The predicted molar refractivity (Wildman–Crippen MR) is 44.9 cm³/mol. The second-order valence-electron chi connectivity index (χ2n) is 2.32. The molecule has 0 aromatic rings. The first-order valence-electron chi connectivity index (χ1n) is 3.52. The molecule has 0 atom stereocenters. The van der Waals surface area contributed by atoms with E-state index in [1.165, 1.54) is 7.11 Å². The van der Waals surface area contributed by atoms with Crippen molar-refractivity contribution in [3.05, 3.63) is 0 Å². The third-order valence-electron chi connectivity index (χ3n) is 1.39. The molecular weight excluding hydrogens is 166 g/mol. The van der Waals surface area contributed by atoms with Gasteiger partial charge in [-0.3, -0.25) is 4.79 Å². The number of carbonyl (C=O) groups excluding carboxylic acids is 1. The summed E-state index contributed by atoms with van der Waals surface area (Å²) in [5, 5.41) is 0. The maximum atomic E-state index is 10.6. The molecule has 0 unspecified atom stereocenters. The normalized spacial score (nSPS) is 10.2. The summed E-state index contributed by atoms with van der Waals surface area (Å²) < 4.78 is 4.48. The number of alkyl halides is 1. The maximum Gasteiger partial charge on any atom is 0.306 e. The first kappa shape index (κ1) is 10.7. The van der Waals surface area contributed by atoms with E-state index in [9.17, 15) is 4.79 Å². The summed E-state index contributed by atoms with van der Waals surface area (Å²) in [5.41, 5.74) is 0. The van der Waals surface area contributed by atoms with Gasteiger partial charge in [-0.2, -0.15) is 0 Å². The molecule has 0 N–H and O–H groups in total. The largest absolute Gasteiger partial charge is 0.469 e. The van der Waals surface area contributed by atoms with Gasteiger partial charge >= 0.3 is 5.97 Å². The van der Waals surface area contributed by atoms with E-state index in [1.54, 1.807) is 0 Å². The van der Waals surface area contributed by atoms with Crippen LogP contribution in [-0.4, -0.2) is 44.0 Å². The number of rotatable bonds is 5. The van der Waals surface area contributed by atoms with Crippen LogP contribution in [0.4, 0.5) is 0 Å². The molecule has 0 saturated carbocycles. The second-order valence-corrected chi connectivity index (χ2v) is 2.70. The first-order valence-corrected chi connectivity index (χ1v) is 4.05. The maximum absolute atomic E-state index is 10.6. The van der Waals surface area contributed by atoms with Crippen LogP contribution in [0.1, 0.15) is 6.42 Å². The van der Waals surface area contributed by atoms with Gasteiger partial charge in [0.2, 0.25) is 0 Å². The molecule has 0 aromatic carbocycles. The van der Waals surface area contributed by atoms with E-state index in [4.69, 9.17) is 11.6 Å². The van der Waals surface area contributed by atoms with Crippen LogP contribution in [0.25, 0.3) is 0 Å². The van der Waals surface area contributed by atoms with Crippen LogP contribution in [0.5, 0.6) is 0 Å². The average Bonchev–Trinajstić information content (AvgIpc) is 2.01. The Morgan fingerprint density at radius 1 is 1.55 bits per heavy atom. The van der Waals surface area contributed by atoms with E-state index in [0.717, 1.165) is 6.54 Å². The molecule has 11 heavy (non-hydrogen) atoms. The fourth-order valence-corrected chi connectivity index (χ4v) is 0.929. The molecule has 0 aliphatic rings. The first-order chi connectivity index (χ1) is 5.20. The number of esters is 1. The lowest BCUT2D eigenvalue weighted by Gasteiger charge is -2.12. The van der Waals surface area contributed by atoms with Gasteiger partial charge in [-0.15, -0.1) is 11.6 Å². The molecule has 0 aromatic heterocycles. The second kappa shape index (κ2) is 6.43. The van der Waals surface area contributed by atoms with Crippen molar-refractivity contribution in [2.24, 2.45) is 0 Å².